The van der Waals surface area contributed by atoms with E-state index in [1.165, 1.54) is 0 Å². The predicted octanol–water partition coefficient (Wildman–Crippen LogP) is 1.78. The molecular weight excluding hydrogens is 150 g/mol. The van der Waals surface area contributed by atoms with Crippen LogP contribution >= 0.6 is 0 Å². The van der Waals surface area contributed by atoms with E-state index in [-0.39, 0.29) is 0 Å². The molecule has 74 valence electrons. The molecule has 0 spiro atoms. The molecule has 0 aromatic heterocycles. The Kier molecular flexibility index (Phi) is 4.21. The summed E-state index contributed by atoms with van der Waals surface area (Å²) in [6.45, 7) is 12.2. The highest BCUT2D eigenvalue weighted by atomic mass is 16.3. The van der Waals surface area contributed by atoms with Crippen molar-refractivity contribution in [3.8, 4) is 0 Å². The second kappa shape index (κ2) is 4.24. The van der Waals surface area contributed by atoms with Crippen molar-refractivity contribution >= 4 is 0 Å². The lowest BCUT2D eigenvalue weighted by molar-refractivity contribution is 0.0705. The highest BCUT2D eigenvalue weighted by Crippen LogP contribution is 2.11. The van der Waals surface area contributed by atoms with Gasteiger partial charge in [-0.3, -0.25) is 0 Å². The van der Waals surface area contributed by atoms with Crippen LogP contribution in [0, 0.1) is 5.41 Å². The zero-order valence-corrected chi connectivity index (χ0v) is 9.07. The molecule has 0 atom stereocenters. The highest BCUT2D eigenvalue weighted by Gasteiger charge is 2.13. The SMILES string of the molecule is CC(C)(C)CNCCC(C)(C)O. The number of nitrogens with one attached hydrogen (secondary N) is 1. The Morgan fingerprint density at radius 2 is 1.58 bits per heavy atom. The number of hydrogen-bond acceptors (Lipinski definition) is 2. The maximum atomic E-state index is 9.41. The van der Waals surface area contributed by atoms with E-state index in [2.05, 4.69) is 26.1 Å². The molecular formula is C10H23NO. The topological polar surface area (TPSA) is 32.3 Å². The normalized spacial score (nSPS) is 13.5. The van der Waals surface area contributed by atoms with Crippen LogP contribution in [0.1, 0.15) is 41.0 Å². The summed E-state index contributed by atoms with van der Waals surface area (Å²) in [6.07, 6.45) is 0.809. The van der Waals surface area contributed by atoms with E-state index < -0.39 is 5.60 Å². The van der Waals surface area contributed by atoms with Gasteiger partial charge in [0, 0.05) is 0 Å². The van der Waals surface area contributed by atoms with Gasteiger partial charge in [0.15, 0.2) is 0 Å². The quantitative estimate of drug-likeness (QED) is 0.635. The van der Waals surface area contributed by atoms with Crippen LogP contribution in [0.3, 0.4) is 0 Å². The Morgan fingerprint density at radius 1 is 1.08 bits per heavy atom. The smallest absolute Gasteiger partial charge is 0.0603 e. The lowest BCUT2D eigenvalue weighted by atomic mass is 9.96. The van der Waals surface area contributed by atoms with Crippen molar-refractivity contribution in [3.63, 3.8) is 0 Å². The van der Waals surface area contributed by atoms with Gasteiger partial charge >= 0.3 is 0 Å². The van der Waals surface area contributed by atoms with Gasteiger partial charge in [0.05, 0.1) is 5.60 Å². The monoisotopic (exact) mass is 173 g/mol. The molecule has 0 aliphatic carbocycles. The van der Waals surface area contributed by atoms with E-state index in [0.717, 1.165) is 19.5 Å². The van der Waals surface area contributed by atoms with Gasteiger partial charge in [0.25, 0.3) is 0 Å². The van der Waals surface area contributed by atoms with Gasteiger partial charge in [-0.1, -0.05) is 20.8 Å². The van der Waals surface area contributed by atoms with Gasteiger partial charge in [-0.05, 0) is 38.8 Å². The lowest BCUT2D eigenvalue weighted by Gasteiger charge is -2.21. The molecule has 0 fully saturated rings. The first-order valence-electron chi connectivity index (χ1n) is 4.64. The molecule has 0 amide bonds. The molecule has 12 heavy (non-hydrogen) atoms. The fourth-order valence-electron chi connectivity index (χ4n) is 0.858. The van der Waals surface area contributed by atoms with Crippen molar-refractivity contribution in [3.05, 3.63) is 0 Å². The zero-order valence-electron chi connectivity index (χ0n) is 9.07. The molecule has 0 heterocycles. The van der Waals surface area contributed by atoms with Gasteiger partial charge in [-0.2, -0.15) is 0 Å². The van der Waals surface area contributed by atoms with Gasteiger partial charge in [0.2, 0.25) is 0 Å². The maximum absolute atomic E-state index is 9.41. The summed E-state index contributed by atoms with van der Waals surface area (Å²) in [5, 5.41) is 12.7. The van der Waals surface area contributed by atoms with Crippen molar-refractivity contribution in [2.24, 2.45) is 5.41 Å². The standard InChI is InChI=1S/C10H23NO/c1-9(2,3)8-11-7-6-10(4,5)12/h11-12H,6-8H2,1-5H3. The average Bonchev–Trinajstić information content (AvgIpc) is 1.76. The van der Waals surface area contributed by atoms with Crippen LogP contribution in [0.2, 0.25) is 0 Å². The molecule has 0 aromatic carbocycles. The van der Waals surface area contributed by atoms with Crippen LogP contribution in [-0.4, -0.2) is 23.8 Å². The fourth-order valence-corrected chi connectivity index (χ4v) is 0.858. The van der Waals surface area contributed by atoms with Crippen LogP contribution in [0.15, 0.2) is 0 Å². The summed E-state index contributed by atoms with van der Waals surface area (Å²) in [6, 6.07) is 0. The van der Waals surface area contributed by atoms with Crippen molar-refractivity contribution in [2.75, 3.05) is 13.1 Å². The van der Waals surface area contributed by atoms with Crippen molar-refractivity contribution in [1.82, 2.24) is 5.32 Å². The molecule has 2 heteroatoms. The third kappa shape index (κ3) is 9.92. The summed E-state index contributed by atoms with van der Waals surface area (Å²) in [5.74, 6) is 0. The van der Waals surface area contributed by atoms with Crippen LogP contribution in [0.4, 0.5) is 0 Å². The van der Waals surface area contributed by atoms with Crippen molar-refractivity contribution in [2.45, 2.75) is 46.6 Å². The van der Waals surface area contributed by atoms with Gasteiger partial charge in [-0.15, -0.1) is 0 Å². The minimum Gasteiger partial charge on any atom is -0.390 e. The van der Waals surface area contributed by atoms with E-state index in [9.17, 15) is 5.11 Å². The Labute approximate surface area is 76.4 Å². The Morgan fingerprint density at radius 3 is 1.92 bits per heavy atom. The summed E-state index contributed by atoms with van der Waals surface area (Å²) < 4.78 is 0. The van der Waals surface area contributed by atoms with Crippen molar-refractivity contribution in [1.29, 1.82) is 0 Å². The molecule has 2 N–H and O–H groups in total. The minimum atomic E-state index is -0.537. The molecule has 0 saturated heterocycles. The first-order valence-corrected chi connectivity index (χ1v) is 4.64. The number of hydrogen-bond donors (Lipinski definition) is 2. The Bertz CT molecular complexity index is 103. The molecule has 2 nitrogen and oxygen atoms in total. The van der Waals surface area contributed by atoms with E-state index in [0.29, 0.717) is 5.41 Å². The van der Waals surface area contributed by atoms with Gasteiger partial charge in [0.1, 0.15) is 0 Å². The van der Waals surface area contributed by atoms with E-state index in [1.807, 2.05) is 13.8 Å². The Hall–Kier alpha value is -0.0800. The lowest BCUT2D eigenvalue weighted by Crippen LogP contribution is -2.32. The molecule has 0 unspecified atom stereocenters. The second-order valence-electron chi connectivity index (χ2n) is 5.30. The molecule has 0 saturated carbocycles. The van der Waals surface area contributed by atoms with Gasteiger partial charge < -0.3 is 10.4 Å². The van der Waals surface area contributed by atoms with Crippen molar-refractivity contribution < 1.29 is 5.11 Å². The molecule has 0 rings (SSSR count). The van der Waals surface area contributed by atoms with E-state index in [1.54, 1.807) is 0 Å². The summed E-state index contributed by atoms with van der Waals surface area (Å²) in [4.78, 5) is 0. The molecule has 0 aliphatic rings. The van der Waals surface area contributed by atoms with Crippen LogP contribution in [0.25, 0.3) is 0 Å². The molecule has 0 radical (unpaired) electrons. The fraction of sp³-hybridized carbons (Fsp3) is 1.00. The second-order valence-corrected chi connectivity index (χ2v) is 5.30. The molecule has 0 aliphatic heterocycles. The van der Waals surface area contributed by atoms with Crippen LogP contribution in [-0.2, 0) is 0 Å². The van der Waals surface area contributed by atoms with E-state index in [4.69, 9.17) is 0 Å². The van der Waals surface area contributed by atoms with E-state index >= 15 is 0 Å². The largest absolute Gasteiger partial charge is 0.390 e. The highest BCUT2D eigenvalue weighted by molar-refractivity contribution is 4.69. The van der Waals surface area contributed by atoms with Crippen LogP contribution in [0.5, 0.6) is 0 Å². The molecule has 0 aromatic rings. The third-order valence-corrected chi connectivity index (χ3v) is 1.57. The number of aliphatic hydroxyl groups is 1. The van der Waals surface area contributed by atoms with Gasteiger partial charge in [-0.25, -0.2) is 0 Å². The third-order valence-electron chi connectivity index (χ3n) is 1.57. The summed E-state index contributed by atoms with van der Waals surface area (Å²) >= 11 is 0. The predicted molar refractivity (Wildman–Crippen MR) is 53.2 cm³/mol. The summed E-state index contributed by atoms with van der Waals surface area (Å²) in [7, 11) is 0. The number of rotatable bonds is 4. The molecule has 0 bridgehead atoms. The average molecular weight is 173 g/mol. The zero-order chi connectivity index (χ0) is 9.83. The summed E-state index contributed by atoms with van der Waals surface area (Å²) in [5.41, 5.74) is -0.204. The first-order chi connectivity index (χ1) is 5.21. The Balaban J connectivity index is 3.35. The minimum absolute atomic E-state index is 0.333. The maximum Gasteiger partial charge on any atom is 0.0603 e. The van der Waals surface area contributed by atoms with Crippen LogP contribution < -0.4 is 5.32 Å². The first kappa shape index (κ1) is 11.9.